The lowest BCUT2D eigenvalue weighted by Gasteiger charge is -2.41. The van der Waals surface area contributed by atoms with Crippen LogP contribution in [0.4, 0.5) is 11.5 Å². The second-order valence-electron chi connectivity index (χ2n) is 8.66. The number of aromatic nitrogens is 2. The highest BCUT2D eigenvalue weighted by Gasteiger charge is 2.30. The smallest absolute Gasteiger partial charge is 0.151 e. The lowest BCUT2D eigenvalue weighted by molar-refractivity contribution is -0.106. The van der Waals surface area contributed by atoms with Crippen molar-refractivity contribution >= 4 is 17.8 Å². The van der Waals surface area contributed by atoms with Crippen LogP contribution in [0.5, 0.6) is 0 Å². The molecule has 6 nitrogen and oxygen atoms in total. The number of hydrogen-bond donors (Lipinski definition) is 0. The van der Waals surface area contributed by atoms with Gasteiger partial charge in [0.1, 0.15) is 6.29 Å². The van der Waals surface area contributed by atoms with Crippen molar-refractivity contribution in [3.63, 3.8) is 0 Å². The molecule has 1 aromatic carbocycles. The number of hydrogen-bond acceptors (Lipinski definition) is 6. The number of piperidine rings is 2. The third-order valence-corrected chi connectivity index (χ3v) is 6.25. The molecule has 0 spiro atoms. The molecule has 6 heteroatoms. The molecule has 3 heterocycles. The summed E-state index contributed by atoms with van der Waals surface area (Å²) in [6, 6.07) is 13.2. The zero-order valence-corrected chi connectivity index (χ0v) is 20.5. The standard InChI is InChI=1S/C22H30N4.C2H6O.C2H4O/c1-17-3-6-21(7-4-17)25-13-9-19(10-14-25)20-11-15-26(16-12-20)22-8-5-18(2)23-24-22;1-3-2;1-2-3/h3-8,19-20H,9-16H2,1-2H3;1-2H3;2H,1H3. The first-order valence-corrected chi connectivity index (χ1v) is 11.7. The van der Waals surface area contributed by atoms with E-state index in [4.69, 9.17) is 4.79 Å². The van der Waals surface area contributed by atoms with Crippen molar-refractivity contribution in [2.75, 3.05) is 50.2 Å². The fourth-order valence-corrected chi connectivity index (χ4v) is 4.55. The third-order valence-electron chi connectivity index (χ3n) is 6.25. The number of methoxy groups -OCH3 is 1. The number of rotatable bonds is 3. The van der Waals surface area contributed by atoms with Crippen molar-refractivity contribution in [3.05, 3.63) is 47.7 Å². The van der Waals surface area contributed by atoms with Crippen molar-refractivity contribution in [1.29, 1.82) is 0 Å². The molecule has 1 aromatic heterocycles. The highest BCUT2D eigenvalue weighted by molar-refractivity contribution is 5.47. The Morgan fingerprint density at radius 3 is 1.72 bits per heavy atom. The van der Waals surface area contributed by atoms with E-state index in [1.165, 1.54) is 56.9 Å². The van der Waals surface area contributed by atoms with Crippen LogP contribution in [0.25, 0.3) is 0 Å². The van der Waals surface area contributed by atoms with Gasteiger partial charge in [-0.25, -0.2) is 0 Å². The van der Waals surface area contributed by atoms with Gasteiger partial charge in [0.2, 0.25) is 0 Å². The van der Waals surface area contributed by atoms with Crippen molar-refractivity contribution in [2.24, 2.45) is 11.8 Å². The van der Waals surface area contributed by atoms with Gasteiger partial charge in [-0.1, -0.05) is 17.7 Å². The number of carbonyl (C=O) groups is 1. The summed E-state index contributed by atoms with van der Waals surface area (Å²) in [5.74, 6) is 2.82. The van der Waals surface area contributed by atoms with Gasteiger partial charge >= 0.3 is 0 Å². The van der Waals surface area contributed by atoms with Gasteiger partial charge in [0.25, 0.3) is 0 Å². The Morgan fingerprint density at radius 2 is 1.28 bits per heavy atom. The molecular weight excluding hydrogens is 400 g/mol. The number of aryl methyl sites for hydroxylation is 2. The lowest BCUT2D eigenvalue weighted by Crippen LogP contribution is -2.41. The minimum Gasteiger partial charge on any atom is -0.388 e. The van der Waals surface area contributed by atoms with Gasteiger partial charge in [-0.3, -0.25) is 0 Å². The summed E-state index contributed by atoms with van der Waals surface area (Å²) >= 11 is 0. The normalized spacial score (nSPS) is 17.0. The molecule has 2 aromatic rings. The number of anilines is 2. The lowest BCUT2D eigenvalue weighted by atomic mass is 9.78. The van der Waals surface area contributed by atoms with E-state index >= 15 is 0 Å². The largest absolute Gasteiger partial charge is 0.388 e. The molecule has 0 aliphatic carbocycles. The number of ether oxygens (including phenoxy) is 1. The Hall–Kier alpha value is -2.47. The summed E-state index contributed by atoms with van der Waals surface area (Å²) in [6.45, 7) is 10.3. The maximum Gasteiger partial charge on any atom is 0.151 e. The van der Waals surface area contributed by atoms with Crippen LogP contribution in [0.2, 0.25) is 0 Å². The summed E-state index contributed by atoms with van der Waals surface area (Å²) in [5.41, 5.74) is 3.72. The van der Waals surface area contributed by atoms with Gasteiger partial charge < -0.3 is 19.3 Å². The first-order valence-electron chi connectivity index (χ1n) is 11.7. The Kier molecular flexibility index (Phi) is 11.2. The van der Waals surface area contributed by atoms with Crippen LogP contribution in [-0.2, 0) is 9.53 Å². The van der Waals surface area contributed by atoms with Gasteiger partial charge in [0.05, 0.1) is 5.69 Å². The zero-order chi connectivity index (χ0) is 23.3. The van der Waals surface area contributed by atoms with E-state index in [2.05, 4.69) is 68.1 Å². The summed E-state index contributed by atoms with van der Waals surface area (Å²) in [7, 11) is 3.25. The van der Waals surface area contributed by atoms with Crippen LogP contribution in [0.3, 0.4) is 0 Å². The minimum absolute atomic E-state index is 0.750. The van der Waals surface area contributed by atoms with Gasteiger partial charge in [-0.2, -0.15) is 5.10 Å². The van der Waals surface area contributed by atoms with E-state index in [9.17, 15) is 0 Å². The summed E-state index contributed by atoms with van der Waals surface area (Å²) in [6.07, 6.45) is 6.02. The van der Waals surface area contributed by atoms with E-state index in [0.717, 1.165) is 42.7 Å². The Morgan fingerprint density at radius 1 is 0.812 bits per heavy atom. The van der Waals surface area contributed by atoms with Crippen LogP contribution in [-0.4, -0.2) is 56.9 Å². The average molecular weight is 441 g/mol. The van der Waals surface area contributed by atoms with Crippen molar-refractivity contribution in [2.45, 2.75) is 46.5 Å². The molecule has 0 atom stereocenters. The fraction of sp³-hybridized carbons (Fsp3) is 0.577. The maximum atomic E-state index is 8.81. The van der Waals surface area contributed by atoms with Gasteiger partial charge in [-0.15, -0.1) is 5.10 Å². The molecule has 0 saturated carbocycles. The Balaban J connectivity index is 0.000000547. The molecule has 2 aliphatic rings. The van der Waals surface area contributed by atoms with E-state index in [0.29, 0.717) is 0 Å². The van der Waals surface area contributed by atoms with Gasteiger partial charge in [0.15, 0.2) is 5.82 Å². The summed E-state index contributed by atoms with van der Waals surface area (Å²) < 4.78 is 4.25. The zero-order valence-electron chi connectivity index (χ0n) is 20.5. The van der Waals surface area contributed by atoms with Crippen molar-refractivity contribution in [3.8, 4) is 0 Å². The van der Waals surface area contributed by atoms with E-state index in [1.54, 1.807) is 14.2 Å². The molecule has 0 N–H and O–H groups in total. The third kappa shape index (κ3) is 7.90. The van der Waals surface area contributed by atoms with Crippen LogP contribution in [0.15, 0.2) is 36.4 Å². The highest BCUT2D eigenvalue weighted by Crippen LogP contribution is 2.34. The molecule has 0 unspecified atom stereocenters. The van der Waals surface area contributed by atoms with Crippen LogP contribution >= 0.6 is 0 Å². The molecule has 0 amide bonds. The minimum atomic E-state index is 0.750. The number of benzene rings is 1. The van der Waals surface area contributed by atoms with Crippen LogP contribution < -0.4 is 9.80 Å². The monoisotopic (exact) mass is 440 g/mol. The molecule has 2 fully saturated rings. The number of aldehydes is 1. The van der Waals surface area contributed by atoms with Gasteiger partial charge in [0, 0.05) is 46.1 Å². The predicted molar refractivity (Wildman–Crippen MR) is 132 cm³/mol. The van der Waals surface area contributed by atoms with Crippen molar-refractivity contribution < 1.29 is 9.53 Å². The maximum absolute atomic E-state index is 8.81. The highest BCUT2D eigenvalue weighted by atomic mass is 16.4. The first-order chi connectivity index (χ1) is 15.5. The average Bonchev–Trinajstić information content (AvgIpc) is 2.82. The van der Waals surface area contributed by atoms with Crippen LogP contribution in [0, 0.1) is 25.7 Å². The first kappa shape index (κ1) is 25.8. The number of carbonyl (C=O) groups excluding carboxylic acids is 1. The molecular formula is C26H40N4O2. The summed E-state index contributed by atoms with van der Waals surface area (Å²) in [5, 5.41) is 8.57. The molecule has 0 bridgehead atoms. The molecule has 4 rings (SSSR count). The fourth-order valence-electron chi connectivity index (χ4n) is 4.55. The second kappa shape index (κ2) is 13.8. The number of nitrogens with zero attached hydrogens (tertiary/aromatic N) is 4. The van der Waals surface area contributed by atoms with Gasteiger partial charge in [-0.05, 0) is 82.6 Å². The van der Waals surface area contributed by atoms with Crippen LogP contribution in [0.1, 0.15) is 43.9 Å². The Labute approximate surface area is 194 Å². The molecule has 2 saturated heterocycles. The molecule has 2 aliphatic heterocycles. The molecule has 176 valence electrons. The van der Waals surface area contributed by atoms with E-state index < -0.39 is 0 Å². The van der Waals surface area contributed by atoms with E-state index in [1.807, 2.05) is 6.92 Å². The quantitative estimate of drug-likeness (QED) is 0.645. The molecule has 0 radical (unpaired) electrons. The van der Waals surface area contributed by atoms with E-state index in [-0.39, 0.29) is 0 Å². The Bertz CT molecular complexity index is 700. The molecule has 32 heavy (non-hydrogen) atoms. The second-order valence-corrected chi connectivity index (χ2v) is 8.66. The summed E-state index contributed by atoms with van der Waals surface area (Å²) in [4.78, 5) is 13.8. The topological polar surface area (TPSA) is 58.6 Å². The predicted octanol–water partition coefficient (Wildman–Crippen LogP) is 4.69. The SMILES string of the molecule is CC=O.COC.Cc1ccc(N2CCC(C3CCN(c4ccc(C)nn4)CC3)CC2)cc1. The van der Waals surface area contributed by atoms with Crippen molar-refractivity contribution in [1.82, 2.24) is 10.2 Å².